The highest BCUT2D eigenvalue weighted by molar-refractivity contribution is 7.07. The molecule has 0 spiro atoms. The molecule has 5 rings (SSSR count). The van der Waals surface area contributed by atoms with E-state index >= 15 is 0 Å². The van der Waals surface area contributed by atoms with E-state index in [9.17, 15) is 9.59 Å². The fraction of sp³-hybridized carbons (Fsp3) is 0.179. The first-order valence-electron chi connectivity index (χ1n) is 11.7. The van der Waals surface area contributed by atoms with Gasteiger partial charge in [0.15, 0.2) is 4.80 Å². The second-order valence-corrected chi connectivity index (χ2v) is 10.2. The highest BCUT2D eigenvalue weighted by Crippen LogP contribution is 2.36. The van der Waals surface area contributed by atoms with Gasteiger partial charge in [0.25, 0.3) is 5.56 Å². The maximum Gasteiger partial charge on any atom is 0.338 e. The van der Waals surface area contributed by atoms with Gasteiger partial charge in [0, 0.05) is 22.2 Å². The summed E-state index contributed by atoms with van der Waals surface area (Å²) in [7, 11) is 1.55. The Kier molecular flexibility index (Phi) is 7.29. The fourth-order valence-corrected chi connectivity index (χ4v) is 5.90. The Balaban J connectivity index is 1.66. The maximum absolute atomic E-state index is 13.8. The van der Waals surface area contributed by atoms with Gasteiger partial charge in [0.2, 0.25) is 0 Å². The Bertz CT molecular complexity index is 1770. The number of halogens is 2. The summed E-state index contributed by atoms with van der Waals surface area (Å²) in [6.07, 6.45) is 1.65. The van der Waals surface area contributed by atoms with Crippen LogP contribution in [0.5, 0.6) is 5.75 Å². The lowest BCUT2D eigenvalue weighted by Crippen LogP contribution is -2.40. The van der Waals surface area contributed by atoms with Gasteiger partial charge in [-0.3, -0.25) is 9.36 Å². The van der Waals surface area contributed by atoms with Crippen molar-refractivity contribution in [2.75, 3.05) is 13.7 Å². The zero-order valence-corrected chi connectivity index (χ0v) is 23.0. The van der Waals surface area contributed by atoms with Crippen LogP contribution in [0.2, 0.25) is 10.0 Å². The smallest absolute Gasteiger partial charge is 0.338 e. The van der Waals surface area contributed by atoms with Crippen LogP contribution in [0.15, 0.2) is 80.1 Å². The van der Waals surface area contributed by atoms with Crippen molar-refractivity contribution in [3.05, 3.63) is 107 Å². The number of benzene rings is 2. The minimum Gasteiger partial charge on any atom is -0.496 e. The summed E-state index contributed by atoms with van der Waals surface area (Å²) in [5.41, 5.74) is 1.78. The number of hydrogen-bond acceptors (Lipinski definition) is 7. The largest absolute Gasteiger partial charge is 0.496 e. The van der Waals surface area contributed by atoms with E-state index in [0.717, 1.165) is 0 Å². The number of methoxy groups -OCH3 is 1. The number of aromatic nitrogens is 1. The van der Waals surface area contributed by atoms with E-state index in [1.165, 1.54) is 15.9 Å². The first-order valence-corrected chi connectivity index (χ1v) is 13.3. The van der Waals surface area contributed by atoms with Crippen LogP contribution in [0, 0.1) is 0 Å². The zero-order chi connectivity index (χ0) is 27.0. The van der Waals surface area contributed by atoms with Crippen LogP contribution in [0.3, 0.4) is 0 Å². The van der Waals surface area contributed by atoms with Gasteiger partial charge in [0.05, 0.1) is 34.5 Å². The minimum atomic E-state index is -0.774. The van der Waals surface area contributed by atoms with E-state index in [1.54, 1.807) is 63.4 Å². The molecule has 0 saturated carbocycles. The normalized spacial score (nSPS) is 15.3. The van der Waals surface area contributed by atoms with E-state index < -0.39 is 12.0 Å². The molecule has 4 aromatic rings. The Hall–Kier alpha value is -3.59. The van der Waals surface area contributed by atoms with Crippen LogP contribution in [-0.4, -0.2) is 24.3 Å². The van der Waals surface area contributed by atoms with Gasteiger partial charge in [-0.1, -0.05) is 52.7 Å². The van der Waals surface area contributed by atoms with Crippen molar-refractivity contribution in [1.82, 2.24) is 4.57 Å². The summed E-state index contributed by atoms with van der Waals surface area (Å²) in [4.78, 5) is 31.9. The molecule has 0 aliphatic carbocycles. The number of hydrogen-bond donors (Lipinski definition) is 0. The molecule has 2 aromatic carbocycles. The molecule has 7 nitrogen and oxygen atoms in total. The molecule has 0 radical (unpaired) electrons. The minimum absolute atomic E-state index is 0.192. The summed E-state index contributed by atoms with van der Waals surface area (Å²) in [6, 6.07) is 15.2. The highest BCUT2D eigenvalue weighted by atomic mass is 35.5. The van der Waals surface area contributed by atoms with Crippen LogP contribution in [0.4, 0.5) is 0 Å². The molecule has 0 fully saturated rings. The molecule has 0 amide bonds. The quantitative estimate of drug-likeness (QED) is 0.292. The van der Waals surface area contributed by atoms with E-state index in [1.807, 2.05) is 18.2 Å². The van der Waals surface area contributed by atoms with Gasteiger partial charge in [-0.15, -0.1) is 0 Å². The Morgan fingerprint density at radius 3 is 2.71 bits per heavy atom. The molecule has 194 valence electrons. The van der Waals surface area contributed by atoms with Gasteiger partial charge in [0.1, 0.15) is 23.3 Å². The number of esters is 1. The van der Waals surface area contributed by atoms with Crippen LogP contribution in [0.25, 0.3) is 17.4 Å². The lowest BCUT2D eigenvalue weighted by Gasteiger charge is -2.25. The number of ether oxygens (including phenoxy) is 2. The van der Waals surface area contributed by atoms with Crippen molar-refractivity contribution in [2.24, 2.45) is 4.99 Å². The fourth-order valence-electron chi connectivity index (χ4n) is 4.37. The molecule has 0 bridgehead atoms. The molecule has 0 N–H and O–H groups in total. The van der Waals surface area contributed by atoms with Crippen LogP contribution < -0.4 is 19.6 Å². The third kappa shape index (κ3) is 4.71. The third-order valence-corrected chi connectivity index (χ3v) is 7.58. The molecule has 38 heavy (non-hydrogen) atoms. The van der Waals surface area contributed by atoms with Crippen LogP contribution in [0.1, 0.15) is 31.2 Å². The van der Waals surface area contributed by atoms with E-state index in [4.69, 9.17) is 37.1 Å². The molecule has 2 aromatic heterocycles. The monoisotopic (exact) mass is 568 g/mol. The van der Waals surface area contributed by atoms with Crippen molar-refractivity contribution in [1.29, 1.82) is 0 Å². The second kappa shape index (κ2) is 10.6. The van der Waals surface area contributed by atoms with Gasteiger partial charge in [-0.2, -0.15) is 0 Å². The number of furan rings is 1. The van der Waals surface area contributed by atoms with E-state index in [-0.39, 0.29) is 17.7 Å². The maximum atomic E-state index is 13.8. The van der Waals surface area contributed by atoms with Gasteiger partial charge in [-0.25, -0.2) is 9.79 Å². The summed E-state index contributed by atoms with van der Waals surface area (Å²) in [5, 5.41) is 0.977. The van der Waals surface area contributed by atoms with Crippen molar-refractivity contribution in [3.63, 3.8) is 0 Å². The number of para-hydroxylation sites is 1. The summed E-state index contributed by atoms with van der Waals surface area (Å²) in [5.74, 6) is 1.01. The molecule has 1 atom stereocenters. The lowest BCUT2D eigenvalue weighted by molar-refractivity contribution is -0.139. The molecular formula is C28H22Cl2N2O5S. The lowest BCUT2D eigenvalue weighted by atomic mass is 9.95. The first kappa shape index (κ1) is 26.0. The number of rotatable bonds is 6. The molecule has 1 aliphatic rings. The van der Waals surface area contributed by atoms with Crippen LogP contribution >= 0.6 is 34.5 Å². The number of carbonyl (C=O) groups is 1. The number of thiazole rings is 1. The molecule has 1 aliphatic heterocycles. The molecule has 0 unspecified atom stereocenters. The van der Waals surface area contributed by atoms with Crippen molar-refractivity contribution >= 4 is 46.6 Å². The Morgan fingerprint density at radius 1 is 1.18 bits per heavy atom. The topological polar surface area (TPSA) is 83.0 Å². The summed E-state index contributed by atoms with van der Waals surface area (Å²) >= 11 is 13.5. The Morgan fingerprint density at radius 2 is 1.97 bits per heavy atom. The molecular weight excluding hydrogens is 547 g/mol. The zero-order valence-electron chi connectivity index (χ0n) is 20.7. The van der Waals surface area contributed by atoms with Gasteiger partial charge < -0.3 is 13.9 Å². The first-order chi connectivity index (χ1) is 18.3. The number of nitrogens with zero attached hydrogens (tertiary/aromatic N) is 2. The SMILES string of the molecule is CCOC(=O)C1=C(C)N=c2s/c(=C\c3ccc(-c4ccc(Cl)cc4Cl)o3)c(=O)n2[C@H]1c1ccccc1OC. The Labute approximate surface area is 231 Å². The third-order valence-electron chi connectivity index (χ3n) is 6.05. The molecule has 10 heteroatoms. The van der Waals surface area contributed by atoms with Gasteiger partial charge >= 0.3 is 5.97 Å². The van der Waals surface area contributed by atoms with E-state index in [0.29, 0.717) is 53.5 Å². The molecule has 3 heterocycles. The van der Waals surface area contributed by atoms with Gasteiger partial charge in [-0.05, 0) is 50.2 Å². The number of fused-ring (bicyclic) bond motifs is 1. The summed E-state index contributed by atoms with van der Waals surface area (Å²) in [6.45, 7) is 3.66. The van der Waals surface area contributed by atoms with E-state index in [2.05, 4.69) is 4.99 Å². The standard InChI is InChI=1S/C28H22Cl2N2O5S/c1-4-36-27(34)24-15(2)31-28-32(25(24)19-7-5-6-8-21(19)35-3)26(33)23(38-28)14-17-10-12-22(37-17)18-11-9-16(29)13-20(18)30/h5-14,25H,4H2,1-3H3/b23-14-/t25-/m0/s1. The average Bonchev–Trinajstić information content (AvgIpc) is 3.47. The average molecular weight is 569 g/mol. The highest BCUT2D eigenvalue weighted by Gasteiger charge is 2.35. The predicted octanol–water partition coefficient (Wildman–Crippen LogP) is 5.37. The van der Waals surface area contributed by atoms with Crippen molar-refractivity contribution in [2.45, 2.75) is 19.9 Å². The number of allylic oxidation sites excluding steroid dienone is 1. The summed E-state index contributed by atoms with van der Waals surface area (Å²) < 4.78 is 18.8. The second-order valence-electron chi connectivity index (χ2n) is 8.37. The van der Waals surface area contributed by atoms with Crippen LogP contribution in [-0.2, 0) is 9.53 Å². The number of carbonyl (C=O) groups excluding carboxylic acids is 1. The van der Waals surface area contributed by atoms with Crippen molar-refractivity contribution < 1.29 is 18.7 Å². The predicted molar refractivity (Wildman–Crippen MR) is 148 cm³/mol. The van der Waals surface area contributed by atoms with Crippen molar-refractivity contribution in [3.8, 4) is 17.1 Å². The molecule has 0 saturated heterocycles.